The van der Waals surface area contributed by atoms with Gasteiger partial charge in [0.05, 0.1) is 0 Å². The second kappa shape index (κ2) is 9.40. The third-order valence-corrected chi connectivity index (χ3v) is 6.69. The standard InChI is InChI=1S/C25H26F2N6O/c1-15-3-5-20(24-29-8-2-9-30-24)32-22(15)25(34)33-14-18-11-17(18)12-19(33)7-10-28-21-6-4-16(13-31-21)23(26)27/h2-6,8-9,13,17-19,23H,7,10-12,14H2,1H3,(H,28,31). The van der Waals surface area contributed by atoms with E-state index in [1.807, 2.05) is 24.0 Å². The molecule has 3 aromatic heterocycles. The smallest absolute Gasteiger partial charge is 0.273 e. The molecule has 1 saturated carbocycles. The molecule has 0 bridgehead atoms. The minimum atomic E-state index is -2.53. The molecule has 2 aliphatic rings. The molecule has 1 aliphatic carbocycles. The number of halogens is 2. The van der Waals surface area contributed by atoms with E-state index in [1.165, 1.54) is 12.3 Å². The van der Waals surface area contributed by atoms with E-state index in [0.717, 1.165) is 31.4 Å². The molecule has 4 heterocycles. The first-order chi connectivity index (χ1) is 16.5. The van der Waals surface area contributed by atoms with E-state index in [2.05, 4.69) is 25.3 Å². The first-order valence-electron chi connectivity index (χ1n) is 11.5. The van der Waals surface area contributed by atoms with Gasteiger partial charge in [0.1, 0.15) is 17.2 Å². The highest BCUT2D eigenvalue weighted by Gasteiger charge is 2.47. The Bertz CT molecular complexity index is 1160. The molecule has 3 aromatic rings. The SMILES string of the molecule is Cc1ccc(-c2ncccn2)nc1C(=O)N1CC2CC2CC1CCNc1ccc(C(F)F)cn1. The van der Waals surface area contributed by atoms with Gasteiger partial charge in [-0.1, -0.05) is 6.07 Å². The first kappa shape index (κ1) is 22.3. The number of likely N-dealkylation sites (tertiary alicyclic amines) is 1. The number of hydrogen-bond acceptors (Lipinski definition) is 6. The van der Waals surface area contributed by atoms with Gasteiger partial charge in [-0.2, -0.15) is 0 Å². The van der Waals surface area contributed by atoms with Gasteiger partial charge >= 0.3 is 0 Å². The molecule has 1 aliphatic heterocycles. The van der Waals surface area contributed by atoms with Crippen LogP contribution in [0.3, 0.4) is 0 Å². The number of amides is 1. The van der Waals surface area contributed by atoms with E-state index in [9.17, 15) is 13.6 Å². The van der Waals surface area contributed by atoms with Crippen molar-refractivity contribution in [1.29, 1.82) is 0 Å². The van der Waals surface area contributed by atoms with Crippen molar-refractivity contribution in [3.05, 3.63) is 65.7 Å². The molecule has 1 saturated heterocycles. The Balaban J connectivity index is 1.29. The summed E-state index contributed by atoms with van der Waals surface area (Å²) in [4.78, 5) is 32.8. The summed E-state index contributed by atoms with van der Waals surface area (Å²) in [7, 11) is 0. The predicted octanol–water partition coefficient (Wildman–Crippen LogP) is 4.53. The second-order valence-corrected chi connectivity index (χ2v) is 9.03. The zero-order valence-corrected chi connectivity index (χ0v) is 18.9. The lowest BCUT2D eigenvalue weighted by Crippen LogP contribution is -2.46. The van der Waals surface area contributed by atoms with Crippen LogP contribution in [0.1, 0.15) is 47.3 Å². The van der Waals surface area contributed by atoms with Crippen molar-refractivity contribution in [1.82, 2.24) is 24.8 Å². The summed E-state index contributed by atoms with van der Waals surface area (Å²) in [6.45, 7) is 3.23. The molecule has 0 radical (unpaired) electrons. The van der Waals surface area contributed by atoms with Gasteiger partial charge in [0, 0.05) is 43.3 Å². The number of pyridine rings is 2. The third kappa shape index (κ3) is 4.73. The van der Waals surface area contributed by atoms with Crippen molar-refractivity contribution in [3.63, 3.8) is 0 Å². The van der Waals surface area contributed by atoms with Crippen molar-refractivity contribution < 1.29 is 13.6 Å². The maximum atomic E-state index is 13.6. The lowest BCUT2D eigenvalue weighted by Gasteiger charge is -2.35. The molecule has 3 unspecified atom stereocenters. The zero-order valence-electron chi connectivity index (χ0n) is 18.9. The number of aromatic nitrogens is 4. The average molecular weight is 465 g/mol. The Kier molecular flexibility index (Phi) is 6.17. The number of nitrogens with zero attached hydrogens (tertiary/aromatic N) is 5. The van der Waals surface area contributed by atoms with Crippen molar-refractivity contribution in [2.24, 2.45) is 11.8 Å². The minimum Gasteiger partial charge on any atom is -0.370 e. The number of anilines is 1. The van der Waals surface area contributed by atoms with Gasteiger partial charge < -0.3 is 10.2 Å². The highest BCUT2D eigenvalue weighted by atomic mass is 19.3. The Labute approximate surface area is 196 Å². The summed E-state index contributed by atoms with van der Waals surface area (Å²) < 4.78 is 25.5. The van der Waals surface area contributed by atoms with Crippen LogP contribution in [0.25, 0.3) is 11.5 Å². The highest BCUT2D eigenvalue weighted by molar-refractivity contribution is 5.94. The number of carbonyl (C=O) groups excluding carboxylic acids is 1. The van der Waals surface area contributed by atoms with Crippen LogP contribution >= 0.6 is 0 Å². The summed E-state index contributed by atoms with van der Waals surface area (Å²) in [6, 6.07) is 8.49. The molecule has 0 aromatic carbocycles. The Hall–Kier alpha value is -3.49. The molecule has 176 valence electrons. The molecule has 9 heteroatoms. The lowest BCUT2D eigenvalue weighted by atomic mass is 9.98. The lowest BCUT2D eigenvalue weighted by molar-refractivity contribution is 0.0586. The van der Waals surface area contributed by atoms with Gasteiger partial charge in [0.25, 0.3) is 12.3 Å². The topological polar surface area (TPSA) is 83.9 Å². The second-order valence-electron chi connectivity index (χ2n) is 9.03. The highest BCUT2D eigenvalue weighted by Crippen LogP contribution is 2.48. The van der Waals surface area contributed by atoms with Gasteiger partial charge in [-0.15, -0.1) is 0 Å². The van der Waals surface area contributed by atoms with Gasteiger partial charge in [0.15, 0.2) is 5.82 Å². The number of nitrogens with one attached hydrogen (secondary N) is 1. The van der Waals surface area contributed by atoms with Gasteiger partial charge in [-0.3, -0.25) is 4.79 Å². The molecular formula is C25H26F2N6O. The Morgan fingerprint density at radius 3 is 2.68 bits per heavy atom. The first-order valence-corrected chi connectivity index (χ1v) is 11.5. The number of alkyl halides is 2. The van der Waals surface area contributed by atoms with Gasteiger partial charge in [-0.25, -0.2) is 28.7 Å². The summed E-state index contributed by atoms with van der Waals surface area (Å²) in [5, 5.41) is 3.20. The summed E-state index contributed by atoms with van der Waals surface area (Å²) in [5.74, 6) is 2.22. The van der Waals surface area contributed by atoms with Crippen molar-refractivity contribution in [3.8, 4) is 11.5 Å². The minimum absolute atomic E-state index is 0.0648. The fourth-order valence-corrected chi connectivity index (χ4v) is 4.67. The van der Waals surface area contributed by atoms with Crippen molar-refractivity contribution in [2.45, 2.75) is 38.7 Å². The van der Waals surface area contributed by atoms with Crippen LogP contribution in [0.15, 0.2) is 48.9 Å². The summed E-state index contributed by atoms with van der Waals surface area (Å²) in [6.07, 6.45) is 4.85. The quantitative estimate of drug-likeness (QED) is 0.553. The number of aryl methyl sites for hydroxylation is 1. The van der Waals surface area contributed by atoms with E-state index >= 15 is 0 Å². The molecule has 7 nitrogen and oxygen atoms in total. The molecule has 0 spiro atoms. The average Bonchev–Trinajstić information content (AvgIpc) is 3.63. The molecule has 5 rings (SSSR count). The Morgan fingerprint density at radius 1 is 1.12 bits per heavy atom. The maximum Gasteiger partial charge on any atom is 0.273 e. The van der Waals surface area contributed by atoms with E-state index in [4.69, 9.17) is 0 Å². The van der Waals surface area contributed by atoms with E-state index in [-0.39, 0.29) is 17.5 Å². The molecule has 34 heavy (non-hydrogen) atoms. The van der Waals surface area contributed by atoms with Crippen LogP contribution in [0.2, 0.25) is 0 Å². The normalized spacial score (nSPS) is 21.3. The number of rotatable bonds is 7. The summed E-state index contributed by atoms with van der Waals surface area (Å²) >= 11 is 0. The fraction of sp³-hybridized carbons (Fsp3) is 0.400. The van der Waals surface area contributed by atoms with Crippen LogP contribution in [0.4, 0.5) is 14.6 Å². The van der Waals surface area contributed by atoms with Crippen LogP contribution in [0.5, 0.6) is 0 Å². The van der Waals surface area contributed by atoms with Crippen LogP contribution < -0.4 is 5.32 Å². The maximum absolute atomic E-state index is 13.6. The van der Waals surface area contributed by atoms with Crippen LogP contribution in [0, 0.1) is 18.8 Å². The number of piperidine rings is 1. The molecular weight excluding hydrogens is 438 g/mol. The van der Waals surface area contributed by atoms with Crippen molar-refractivity contribution >= 4 is 11.7 Å². The third-order valence-electron chi connectivity index (χ3n) is 6.69. The van der Waals surface area contributed by atoms with Gasteiger partial charge in [-0.05, 0) is 67.9 Å². The Morgan fingerprint density at radius 2 is 1.94 bits per heavy atom. The molecule has 2 fully saturated rings. The zero-order chi connectivity index (χ0) is 23.7. The van der Waals surface area contributed by atoms with E-state index < -0.39 is 6.43 Å². The van der Waals surface area contributed by atoms with E-state index in [0.29, 0.717) is 41.4 Å². The molecule has 3 atom stereocenters. The van der Waals surface area contributed by atoms with Gasteiger partial charge in [0.2, 0.25) is 0 Å². The van der Waals surface area contributed by atoms with Crippen LogP contribution in [-0.4, -0.2) is 49.9 Å². The number of hydrogen-bond donors (Lipinski definition) is 1. The largest absolute Gasteiger partial charge is 0.370 e. The number of carbonyl (C=O) groups is 1. The molecule has 1 amide bonds. The fourth-order valence-electron chi connectivity index (χ4n) is 4.67. The van der Waals surface area contributed by atoms with E-state index in [1.54, 1.807) is 24.5 Å². The monoisotopic (exact) mass is 464 g/mol. The number of fused-ring (bicyclic) bond motifs is 1. The van der Waals surface area contributed by atoms with Crippen LogP contribution in [-0.2, 0) is 0 Å². The van der Waals surface area contributed by atoms with Crippen molar-refractivity contribution in [2.75, 3.05) is 18.4 Å². The molecule has 1 N–H and O–H groups in total. The predicted molar refractivity (Wildman–Crippen MR) is 123 cm³/mol. The summed E-state index contributed by atoms with van der Waals surface area (Å²) in [5.41, 5.74) is 1.74.